The van der Waals surface area contributed by atoms with E-state index in [1.165, 1.54) is 28.6 Å². The fourth-order valence-corrected chi connectivity index (χ4v) is 4.94. The summed E-state index contributed by atoms with van der Waals surface area (Å²) in [6.07, 6.45) is 3.56. The van der Waals surface area contributed by atoms with E-state index < -0.39 is 15.8 Å². The van der Waals surface area contributed by atoms with Crippen LogP contribution in [0.3, 0.4) is 0 Å². The molecule has 0 atom stereocenters. The SMILES string of the molecule is COc1ccccc1/C=C/CN(c1ccc(F)cc1)S(=O)(=O)c1ccc2ccccc2c1. The Labute approximate surface area is 187 Å². The summed E-state index contributed by atoms with van der Waals surface area (Å²) in [6, 6.07) is 25.5. The van der Waals surface area contributed by atoms with Gasteiger partial charge in [-0.15, -0.1) is 0 Å². The lowest BCUT2D eigenvalue weighted by atomic mass is 10.1. The minimum absolute atomic E-state index is 0.0683. The highest BCUT2D eigenvalue weighted by atomic mass is 32.2. The van der Waals surface area contributed by atoms with Crippen LogP contribution in [0.15, 0.2) is 102 Å². The molecule has 4 aromatic rings. The van der Waals surface area contributed by atoms with Crippen molar-refractivity contribution in [2.75, 3.05) is 18.0 Å². The summed E-state index contributed by atoms with van der Waals surface area (Å²) < 4.78 is 47.3. The first-order valence-electron chi connectivity index (χ1n) is 10.1. The third-order valence-corrected chi connectivity index (χ3v) is 6.92. The number of anilines is 1. The van der Waals surface area contributed by atoms with Gasteiger partial charge in [-0.1, -0.05) is 60.7 Å². The number of methoxy groups -OCH3 is 1. The smallest absolute Gasteiger partial charge is 0.264 e. The van der Waals surface area contributed by atoms with E-state index in [1.807, 2.05) is 54.6 Å². The predicted octanol–water partition coefficient (Wildman–Crippen LogP) is 5.90. The largest absolute Gasteiger partial charge is 0.496 e. The van der Waals surface area contributed by atoms with Crippen LogP contribution in [0.25, 0.3) is 16.8 Å². The summed E-state index contributed by atoms with van der Waals surface area (Å²) in [5, 5.41) is 1.79. The summed E-state index contributed by atoms with van der Waals surface area (Å²) in [5.74, 6) is 0.260. The third kappa shape index (κ3) is 4.50. The molecule has 162 valence electrons. The number of nitrogens with zero attached hydrogens (tertiary/aromatic N) is 1. The quantitative estimate of drug-likeness (QED) is 0.355. The molecule has 0 aliphatic rings. The molecule has 0 saturated heterocycles. The summed E-state index contributed by atoms with van der Waals surface area (Å²) in [6.45, 7) is 0.0683. The Morgan fingerprint density at radius 2 is 1.56 bits per heavy atom. The molecule has 0 aliphatic heterocycles. The van der Waals surface area contributed by atoms with Crippen molar-refractivity contribution >= 4 is 32.6 Å². The van der Waals surface area contributed by atoms with Gasteiger partial charge in [0, 0.05) is 5.56 Å². The van der Waals surface area contributed by atoms with Crippen molar-refractivity contribution < 1.29 is 17.5 Å². The number of halogens is 1. The van der Waals surface area contributed by atoms with Crippen LogP contribution in [0.5, 0.6) is 5.75 Å². The van der Waals surface area contributed by atoms with E-state index in [1.54, 1.807) is 31.4 Å². The minimum Gasteiger partial charge on any atom is -0.496 e. The van der Waals surface area contributed by atoms with E-state index in [0.717, 1.165) is 16.3 Å². The topological polar surface area (TPSA) is 46.6 Å². The lowest BCUT2D eigenvalue weighted by Gasteiger charge is -2.23. The van der Waals surface area contributed by atoms with Crippen molar-refractivity contribution in [2.24, 2.45) is 0 Å². The average molecular weight is 448 g/mol. The zero-order chi connectivity index (χ0) is 22.6. The van der Waals surface area contributed by atoms with Crippen LogP contribution >= 0.6 is 0 Å². The number of sulfonamides is 1. The first kappa shape index (κ1) is 21.6. The summed E-state index contributed by atoms with van der Waals surface area (Å²) in [7, 11) is -2.32. The molecule has 0 saturated carbocycles. The van der Waals surface area contributed by atoms with Crippen LogP contribution in [-0.2, 0) is 10.0 Å². The van der Waals surface area contributed by atoms with Crippen molar-refractivity contribution in [1.82, 2.24) is 0 Å². The first-order valence-corrected chi connectivity index (χ1v) is 11.5. The van der Waals surface area contributed by atoms with Crippen LogP contribution in [0, 0.1) is 5.82 Å². The molecule has 0 spiro atoms. The number of hydrogen-bond acceptors (Lipinski definition) is 3. The standard InChI is InChI=1S/C26H22FNO3S/c1-31-26-11-5-4-8-21(26)10-6-18-28(24-15-13-23(27)14-16-24)32(29,30)25-17-12-20-7-2-3-9-22(20)19-25/h2-17,19H,18H2,1H3/b10-6+. The monoisotopic (exact) mass is 447 g/mol. The molecule has 4 aromatic carbocycles. The third-order valence-electron chi connectivity index (χ3n) is 5.13. The van der Waals surface area contributed by atoms with Gasteiger partial charge in [0.05, 0.1) is 24.2 Å². The minimum atomic E-state index is -3.90. The number of ether oxygens (including phenoxy) is 1. The molecule has 0 fully saturated rings. The summed E-state index contributed by atoms with van der Waals surface area (Å²) in [4.78, 5) is 0.172. The molecule has 0 amide bonds. The van der Waals surface area contributed by atoms with Crippen molar-refractivity contribution in [3.05, 3.63) is 108 Å². The van der Waals surface area contributed by atoms with E-state index >= 15 is 0 Å². The highest BCUT2D eigenvalue weighted by Gasteiger charge is 2.24. The van der Waals surface area contributed by atoms with Gasteiger partial charge in [-0.3, -0.25) is 4.31 Å². The molecule has 0 aromatic heterocycles. The number of benzene rings is 4. The van der Waals surface area contributed by atoms with E-state index in [4.69, 9.17) is 4.74 Å². The molecule has 0 N–H and O–H groups in total. The number of fused-ring (bicyclic) bond motifs is 1. The van der Waals surface area contributed by atoms with Crippen LogP contribution in [0.4, 0.5) is 10.1 Å². The van der Waals surface area contributed by atoms with E-state index in [2.05, 4.69) is 0 Å². The highest BCUT2D eigenvalue weighted by molar-refractivity contribution is 7.92. The van der Waals surface area contributed by atoms with Crippen LogP contribution in [-0.4, -0.2) is 22.1 Å². The van der Waals surface area contributed by atoms with Gasteiger partial charge in [0.1, 0.15) is 11.6 Å². The van der Waals surface area contributed by atoms with Crippen molar-refractivity contribution in [3.8, 4) is 5.75 Å². The second kappa shape index (κ2) is 9.24. The number of rotatable bonds is 7. The Morgan fingerprint density at radius 3 is 2.31 bits per heavy atom. The maximum Gasteiger partial charge on any atom is 0.264 e. The average Bonchev–Trinajstić information content (AvgIpc) is 2.82. The van der Waals surface area contributed by atoms with Gasteiger partial charge in [0.25, 0.3) is 10.0 Å². The van der Waals surface area contributed by atoms with E-state index in [0.29, 0.717) is 11.4 Å². The Morgan fingerprint density at radius 1 is 0.875 bits per heavy atom. The Kier molecular flexibility index (Phi) is 6.23. The molecule has 0 unspecified atom stereocenters. The van der Waals surface area contributed by atoms with Crippen LogP contribution in [0.1, 0.15) is 5.56 Å². The maximum atomic E-state index is 13.6. The predicted molar refractivity (Wildman–Crippen MR) is 127 cm³/mol. The second-order valence-electron chi connectivity index (χ2n) is 7.17. The zero-order valence-corrected chi connectivity index (χ0v) is 18.3. The first-order chi connectivity index (χ1) is 15.5. The molecule has 0 radical (unpaired) electrons. The molecule has 4 nitrogen and oxygen atoms in total. The fourth-order valence-electron chi connectivity index (χ4n) is 3.48. The van der Waals surface area contributed by atoms with Crippen molar-refractivity contribution in [2.45, 2.75) is 4.90 Å². The van der Waals surface area contributed by atoms with E-state index in [-0.39, 0.29) is 11.4 Å². The molecule has 0 heterocycles. The molecule has 0 bridgehead atoms. The Hall–Kier alpha value is -3.64. The second-order valence-corrected chi connectivity index (χ2v) is 9.03. The van der Waals surface area contributed by atoms with Crippen molar-refractivity contribution in [3.63, 3.8) is 0 Å². The molecular formula is C26H22FNO3S. The molecular weight excluding hydrogens is 425 g/mol. The van der Waals surface area contributed by atoms with Gasteiger partial charge in [-0.2, -0.15) is 0 Å². The zero-order valence-electron chi connectivity index (χ0n) is 17.5. The number of para-hydroxylation sites is 1. The van der Waals surface area contributed by atoms with Gasteiger partial charge in [0.15, 0.2) is 0 Å². The highest BCUT2D eigenvalue weighted by Crippen LogP contribution is 2.27. The Balaban J connectivity index is 1.72. The van der Waals surface area contributed by atoms with Gasteiger partial charge in [0.2, 0.25) is 0 Å². The molecule has 6 heteroatoms. The lowest BCUT2D eigenvalue weighted by Crippen LogP contribution is -2.31. The number of hydrogen-bond donors (Lipinski definition) is 0. The van der Waals surface area contributed by atoms with Crippen LogP contribution < -0.4 is 9.04 Å². The van der Waals surface area contributed by atoms with Gasteiger partial charge >= 0.3 is 0 Å². The molecule has 0 aliphatic carbocycles. The fraction of sp³-hybridized carbons (Fsp3) is 0.0769. The van der Waals surface area contributed by atoms with Crippen LogP contribution in [0.2, 0.25) is 0 Å². The van der Waals surface area contributed by atoms with Gasteiger partial charge in [-0.25, -0.2) is 12.8 Å². The van der Waals surface area contributed by atoms with E-state index in [9.17, 15) is 12.8 Å². The van der Waals surface area contributed by atoms with Gasteiger partial charge in [-0.05, 0) is 53.2 Å². The summed E-state index contributed by atoms with van der Waals surface area (Å²) in [5.41, 5.74) is 1.21. The normalized spacial score (nSPS) is 11.7. The van der Waals surface area contributed by atoms with Crippen molar-refractivity contribution in [1.29, 1.82) is 0 Å². The molecule has 4 rings (SSSR count). The maximum absolute atomic E-state index is 13.6. The Bertz CT molecular complexity index is 1370. The molecule has 32 heavy (non-hydrogen) atoms. The lowest BCUT2D eigenvalue weighted by molar-refractivity contribution is 0.414. The summed E-state index contributed by atoms with van der Waals surface area (Å²) >= 11 is 0. The van der Waals surface area contributed by atoms with Gasteiger partial charge < -0.3 is 4.74 Å².